The fourth-order valence-electron chi connectivity index (χ4n) is 2.57. The minimum atomic E-state index is -0.730. The molecule has 1 N–H and O–H groups in total. The molecule has 0 aliphatic carbocycles. The van der Waals surface area contributed by atoms with E-state index >= 15 is 0 Å². The predicted molar refractivity (Wildman–Crippen MR) is 121 cm³/mol. The van der Waals surface area contributed by atoms with Crippen LogP contribution in [0.1, 0.15) is 59.4 Å². The van der Waals surface area contributed by atoms with Crippen LogP contribution in [0.3, 0.4) is 0 Å². The maximum absolute atomic E-state index is 12.3. The predicted octanol–water partition coefficient (Wildman–Crippen LogP) is 2.97. The number of benzene rings is 1. The first-order valence-electron chi connectivity index (χ1n) is 11.1. The highest BCUT2D eigenvalue weighted by molar-refractivity contribution is 5.77. The number of esters is 4. The summed E-state index contributed by atoms with van der Waals surface area (Å²) < 4.78 is 20.7. The van der Waals surface area contributed by atoms with Crippen molar-refractivity contribution in [2.24, 2.45) is 5.41 Å². The highest BCUT2D eigenvalue weighted by Gasteiger charge is 2.27. The molecule has 0 aliphatic heterocycles. The van der Waals surface area contributed by atoms with Crippen LogP contribution in [-0.2, 0) is 35.1 Å². The van der Waals surface area contributed by atoms with E-state index in [1.165, 1.54) is 13.2 Å². The van der Waals surface area contributed by atoms with E-state index in [4.69, 9.17) is 18.9 Å². The molecule has 1 aromatic carbocycles. The Balaban J connectivity index is 2.91. The van der Waals surface area contributed by atoms with Crippen molar-refractivity contribution in [3.63, 3.8) is 0 Å². The van der Waals surface area contributed by atoms with Crippen molar-refractivity contribution in [2.45, 2.75) is 66.3 Å². The lowest BCUT2D eigenvalue weighted by atomic mass is 9.91. The average Bonchev–Trinajstić information content (AvgIpc) is 2.81. The van der Waals surface area contributed by atoms with Crippen LogP contribution in [0.25, 0.3) is 0 Å². The molecule has 0 amide bonds. The Kier molecular flexibility index (Phi) is 11.6. The zero-order valence-electron chi connectivity index (χ0n) is 20.3. The molecule has 0 saturated heterocycles. The minimum absolute atomic E-state index is 0.0977. The number of rotatable bonds is 13. The highest BCUT2D eigenvalue weighted by atomic mass is 16.6. The molecule has 184 valence electrons. The average molecular weight is 466 g/mol. The van der Waals surface area contributed by atoms with Crippen LogP contribution in [0.5, 0.6) is 11.5 Å². The minimum Gasteiger partial charge on any atom is -0.468 e. The molecule has 0 aliphatic rings. The Hall–Kier alpha value is -2.94. The Morgan fingerprint density at radius 2 is 1.58 bits per heavy atom. The second-order valence-corrected chi connectivity index (χ2v) is 8.04. The number of hydrogen-bond donors (Lipinski definition) is 1. The highest BCUT2D eigenvalue weighted by Crippen LogP contribution is 2.30. The van der Waals surface area contributed by atoms with E-state index in [1.54, 1.807) is 26.0 Å². The van der Waals surface area contributed by atoms with Crippen molar-refractivity contribution in [3.05, 3.63) is 23.8 Å². The largest absolute Gasteiger partial charge is 0.468 e. The van der Waals surface area contributed by atoms with Crippen molar-refractivity contribution in [1.82, 2.24) is 5.32 Å². The van der Waals surface area contributed by atoms with E-state index in [-0.39, 0.29) is 49.9 Å². The maximum Gasteiger partial charge on any atom is 0.323 e. The molecule has 1 aromatic rings. The van der Waals surface area contributed by atoms with Gasteiger partial charge in [0, 0.05) is 19.4 Å². The van der Waals surface area contributed by atoms with Gasteiger partial charge in [-0.3, -0.25) is 19.2 Å². The molecule has 0 spiro atoms. The second-order valence-electron chi connectivity index (χ2n) is 8.04. The van der Waals surface area contributed by atoms with Gasteiger partial charge in [-0.25, -0.2) is 0 Å². The fraction of sp³-hybridized carbons (Fsp3) is 0.583. The quantitative estimate of drug-likeness (QED) is 0.266. The summed E-state index contributed by atoms with van der Waals surface area (Å²) in [5.74, 6) is -1.53. The topological polar surface area (TPSA) is 117 Å². The normalized spacial score (nSPS) is 11.9. The zero-order valence-corrected chi connectivity index (χ0v) is 20.3. The lowest BCUT2D eigenvalue weighted by Crippen LogP contribution is -2.41. The summed E-state index contributed by atoms with van der Waals surface area (Å²) in [6.45, 7) is 9.18. The van der Waals surface area contributed by atoms with Gasteiger partial charge in [-0.2, -0.15) is 0 Å². The summed E-state index contributed by atoms with van der Waals surface area (Å²) in [6.07, 6.45) is 1.17. The third-order valence-electron chi connectivity index (χ3n) is 5.12. The Bertz CT molecular complexity index is 834. The van der Waals surface area contributed by atoms with Crippen LogP contribution in [0.15, 0.2) is 18.2 Å². The van der Waals surface area contributed by atoms with Gasteiger partial charge in [0.25, 0.3) is 0 Å². The third-order valence-corrected chi connectivity index (χ3v) is 5.12. The van der Waals surface area contributed by atoms with Crippen LogP contribution in [-0.4, -0.2) is 50.2 Å². The first kappa shape index (κ1) is 28.1. The van der Waals surface area contributed by atoms with Crippen LogP contribution in [0, 0.1) is 5.41 Å². The van der Waals surface area contributed by atoms with Gasteiger partial charge in [-0.1, -0.05) is 26.8 Å². The van der Waals surface area contributed by atoms with Crippen LogP contribution < -0.4 is 14.8 Å². The molecule has 0 bridgehead atoms. The van der Waals surface area contributed by atoms with Gasteiger partial charge in [-0.05, 0) is 44.4 Å². The van der Waals surface area contributed by atoms with Gasteiger partial charge in [0.1, 0.15) is 12.6 Å². The molecular weight excluding hydrogens is 430 g/mol. The molecular formula is C24H35NO8. The maximum atomic E-state index is 12.3. The van der Waals surface area contributed by atoms with E-state index in [0.717, 1.165) is 0 Å². The van der Waals surface area contributed by atoms with Gasteiger partial charge in [-0.15, -0.1) is 0 Å². The Morgan fingerprint density at radius 3 is 2.12 bits per heavy atom. The molecule has 0 heterocycles. The molecule has 9 heteroatoms. The molecule has 0 fully saturated rings. The lowest BCUT2D eigenvalue weighted by molar-refractivity contribution is -0.154. The van der Waals surface area contributed by atoms with Crippen molar-refractivity contribution in [2.75, 3.05) is 20.3 Å². The van der Waals surface area contributed by atoms with Gasteiger partial charge >= 0.3 is 23.9 Å². The molecule has 0 aromatic heterocycles. The van der Waals surface area contributed by atoms with Crippen molar-refractivity contribution in [3.8, 4) is 11.5 Å². The van der Waals surface area contributed by atoms with Crippen molar-refractivity contribution < 1.29 is 38.1 Å². The molecule has 1 atom stereocenters. The first-order valence-corrected chi connectivity index (χ1v) is 11.1. The van der Waals surface area contributed by atoms with Crippen LogP contribution in [0.2, 0.25) is 0 Å². The van der Waals surface area contributed by atoms with Gasteiger partial charge in [0.15, 0.2) is 11.5 Å². The summed E-state index contributed by atoms with van der Waals surface area (Å²) in [5.41, 5.74) is 0.0778. The molecule has 1 rings (SSSR count). The molecule has 0 unspecified atom stereocenters. The lowest BCUT2D eigenvalue weighted by Gasteiger charge is -2.21. The van der Waals surface area contributed by atoms with Crippen LogP contribution in [0.4, 0.5) is 0 Å². The third kappa shape index (κ3) is 9.21. The summed E-state index contributed by atoms with van der Waals surface area (Å²) in [7, 11) is 1.28. The van der Waals surface area contributed by atoms with Crippen molar-refractivity contribution >= 4 is 23.9 Å². The number of ether oxygens (including phenoxy) is 4. The SMILES string of the molecule is CCC(=O)Oc1ccc(C[C@H](NCCOC(=O)C(C)(C)CC)C(=O)OC)cc1OC(=O)CC. The Morgan fingerprint density at radius 1 is 0.970 bits per heavy atom. The number of hydrogen-bond acceptors (Lipinski definition) is 9. The Labute approximate surface area is 195 Å². The van der Waals surface area contributed by atoms with E-state index in [9.17, 15) is 19.2 Å². The number of carbonyl (C=O) groups excluding carboxylic acids is 4. The van der Waals surface area contributed by atoms with E-state index in [0.29, 0.717) is 12.0 Å². The molecule has 9 nitrogen and oxygen atoms in total. The second kappa shape index (κ2) is 13.6. The van der Waals surface area contributed by atoms with Crippen molar-refractivity contribution in [1.29, 1.82) is 0 Å². The number of carbonyl (C=O) groups is 4. The standard InChI is InChI=1S/C24H35NO8/c1-7-20(26)32-18-11-10-16(15-19(18)33-21(27)8-2)14-17(22(28)30-6)25-12-13-31-23(29)24(4,5)9-3/h10-11,15,17,25H,7-9,12-14H2,1-6H3/t17-/m0/s1. The van der Waals surface area contributed by atoms with E-state index in [1.807, 2.05) is 20.8 Å². The fourth-order valence-corrected chi connectivity index (χ4v) is 2.57. The number of methoxy groups -OCH3 is 1. The number of nitrogens with one attached hydrogen (secondary N) is 1. The molecule has 0 radical (unpaired) electrons. The summed E-state index contributed by atoms with van der Waals surface area (Å²) >= 11 is 0. The van der Waals surface area contributed by atoms with Crippen LogP contribution >= 0.6 is 0 Å². The zero-order chi connectivity index (χ0) is 25.0. The summed E-state index contributed by atoms with van der Waals surface area (Å²) in [5, 5.41) is 3.03. The molecule has 0 saturated carbocycles. The monoisotopic (exact) mass is 465 g/mol. The summed E-state index contributed by atoms with van der Waals surface area (Å²) in [4.78, 5) is 47.8. The van der Waals surface area contributed by atoms with Gasteiger partial charge in [0.05, 0.1) is 12.5 Å². The van der Waals surface area contributed by atoms with Gasteiger partial charge in [0.2, 0.25) is 0 Å². The molecule has 33 heavy (non-hydrogen) atoms. The van der Waals surface area contributed by atoms with E-state index < -0.39 is 29.4 Å². The first-order chi connectivity index (χ1) is 15.6. The van der Waals surface area contributed by atoms with Gasteiger partial charge < -0.3 is 24.3 Å². The smallest absolute Gasteiger partial charge is 0.323 e. The summed E-state index contributed by atoms with van der Waals surface area (Å²) in [6, 6.07) is 4.01. The van der Waals surface area contributed by atoms with E-state index in [2.05, 4.69) is 5.32 Å².